The van der Waals surface area contributed by atoms with Gasteiger partial charge >= 0.3 is 0 Å². The SMILES string of the molecule is CNCCCCC[C@@]12/C=C/C(=O)CCc3ccc(O)c(c3)OCCc3ccc(O)c(c3)[C@@H]3CC([O-])=C4C=CN=C4CC#Cc4cc(C(N)N)c(cc43)CSSC[C@H](C1)[C@@H](O)C2. The topological polar surface area (TPSA) is 186 Å². The molecule has 0 unspecified atom stereocenters. The van der Waals surface area contributed by atoms with Gasteiger partial charge in [-0.3, -0.25) is 9.79 Å². The van der Waals surface area contributed by atoms with E-state index in [0.29, 0.717) is 66.0 Å². The Morgan fingerprint density at radius 2 is 1.80 bits per heavy atom. The van der Waals surface area contributed by atoms with Crippen LogP contribution in [0, 0.1) is 23.2 Å². The number of phenols is 2. The molecule has 8 N–H and O–H groups in total. The number of nitrogens with two attached hydrogens (primary N) is 2. The molecule has 1 fully saturated rings. The van der Waals surface area contributed by atoms with Crippen molar-refractivity contribution >= 4 is 33.1 Å². The highest BCUT2D eigenvalue weighted by Gasteiger charge is 2.42. The smallest absolute Gasteiger partial charge is 0.161 e. The number of benzene rings is 3. The molecule has 4 aliphatic rings. The predicted molar refractivity (Wildman–Crippen MR) is 244 cm³/mol. The van der Waals surface area contributed by atoms with E-state index >= 15 is 0 Å². The first-order valence-corrected chi connectivity index (χ1v) is 23.9. The summed E-state index contributed by atoms with van der Waals surface area (Å²) < 4.78 is 6.12. The molecule has 0 aromatic heterocycles. The third-order valence-corrected chi connectivity index (χ3v) is 14.9. The third kappa shape index (κ3) is 11.1. The molecule has 322 valence electrons. The lowest BCUT2D eigenvalue weighted by Crippen LogP contribution is -2.23. The average molecular weight is 862 g/mol. The van der Waals surface area contributed by atoms with Gasteiger partial charge < -0.3 is 41.9 Å². The van der Waals surface area contributed by atoms with Crippen LogP contribution in [0.2, 0.25) is 0 Å². The van der Waals surface area contributed by atoms with Gasteiger partial charge in [0.25, 0.3) is 0 Å². The van der Waals surface area contributed by atoms with Crippen molar-refractivity contribution in [3.63, 3.8) is 0 Å². The molecule has 2 aliphatic heterocycles. The summed E-state index contributed by atoms with van der Waals surface area (Å²) in [6.45, 7) is 1.19. The number of ketones is 1. The number of aliphatic hydroxyl groups is 1. The zero-order chi connectivity index (χ0) is 42.9. The number of carbonyl (C=O) groups is 1. The Morgan fingerprint density at radius 3 is 2.62 bits per heavy atom. The lowest BCUT2D eigenvalue weighted by molar-refractivity contribution is -0.307. The number of rotatable bonds is 7. The summed E-state index contributed by atoms with van der Waals surface area (Å²) in [6.07, 6.45) is 13.1. The second-order valence-electron chi connectivity index (χ2n) is 16.8. The molecule has 10 nitrogen and oxygen atoms in total. The Balaban J connectivity index is 1.25. The summed E-state index contributed by atoms with van der Waals surface area (Å²) in [7, 11) is 5.35. The van der Waals surface area contributed by atoms with Gasteiger partial charge in [-0.15, -0.1) is 5.76 Å². The van der Waals surface area contributed by atoms with Crippen LogP contribution in [-0.2, 0) is 23.4 Å². The van der Waals surface area contributed by atoms with Crippen LogP contribution in [0.5, 0.6) is 17.2 Å². The van der Waals surface area contributed by atoms with Gasteiger partial charge in [0, 0.05) is 47.6 Å². The quantitative estimate of drug-likeness (QED) is 0.0623. The average Bonchev–Trinajstić information content (AvgIpc) is 3.85. The molecule has 2 aliphatic carbocycles. The molecule has 1 saturated carbocycles. The number of allylic oxidation sites excluding steroid dienone is 5. The largest absolute Gasteiger partial charge is 0.875 e. The Kier molecular flexibility index (Phi) is 15.0. The lowest BCUT2D eigenvalue weighted by Gasteiger charge is -2.28. The van der Waals surface area contributed by atoms with Crippen LogP contribution in [0.3, 0.4) is 0 Å². The van der Waals surface area contributed by atoms with Crippen LogP contribution < -0.4 is 26.6 Å². The van der Waals surface area contributed by atoms with Gasteiger partial charge in [-0.1, -0.05) is 76.6 Å². The molecule has 3 aromatic carbocycles. The van der Waals surface area contributed by atoms with Crippen molar-refractivity contribution in [3.8, 4) is 29.1 Å². The van der Waals surface area contributed by atoms with Gasteiger partial charge in [0.15, 0.2) is 17.3 Å². The number of aliphatic imine (C=N–C) groups is 1. The molecule has 0 spiro atoms. The molecule has 0 radical (unpaired) electrons. The van der Waals surface area contributed by atoms with Crippen molar-refractivity contribution in [2.24, 2.45) is 27.8 Å². The number of fused-ring (bicyclic) bond motifs is 9. The molecule has 61 heavy (non-hydrogen) atoms. The van der Waals surface area contributed by atoms with Gasteiger partial charge in [-0.05, 0) is 133 Å². The number of ether oxygens (including phenoxy) is 1. The number of carbonyl (C=O) groups excluding carboxylic acids is 1. The molecular formula is C49H57N4O6S2-. The second kappa shape index (κ2) is 20.6. The number of aliphatic hydroxyl groups excluding tert-OH is 1. The Bertz CT molecular complexity index is 2280. The predicted octanol–water partition coefficient (Wildman–Crippen LogP) is 6.99. The fraction of sp³-hybridized carbons (Fsp3) is 0.429. The fourth-order valence-electron chi connectivity index (χ4n) is 9.06. The number of aryl methyl sites for hydroxylation is 1. The molecule has 12 heteroatoms. The van der Waals surface area contributed by atoms with Gasteiger partial charge in [0.05, 0.1) is 31.0 Å². The van der Waals surface area contributed by atoms with E-state index < -0.39 is 18.2 Å². The highest BCUT2D eigenvalue weighted by atomic mass is 33.1. The van der Waals surface area contributed by atoms with E-state index in [1.165, 1.54) is 0 Å². The first-order valence-electron chi connectivity index (χ1n) is 21.4. The Hall–Kier alpha value is -4.48. The molecular weight excluding hydrogens is 805 g/mol. The van der Waals surface area contributed by atoms with Crippen LogP contribution in [0.15, 0.2) is 89.3 Å². The zero-order valence-corrected chi connectivity index (χ0v) is 36.5. The number of hydrogen-bond donors (Lipinski definition) is 6. The maximum absolute atomic E-state index is 14.1. The van der Waals surface area contributed by atoms with Gasteiger partial charge in [0.2, 0.25) is 0 Å². The van der Waals surface area contributed by atoms with Crippen molar-refractivity contribution in [2.75, 3.05) is 26.0 Å². The minimum absolute atomic E-state index is 0.00697. The van der Waals surface area contributed by atoms with Crippen LogP contribution in [0.25, 0.3) is 0 Å². The highest BCUT2D eigenvalue weighted by Crippen LogP contribution is 2.49. The number of hydrogen-bond acceptors (Lipinski definition) is 12. The van der Waals surface area contributed by atoms with Crippen molar-refractivity contribution in [1.29, 1.82) is 0 Å². The molecule has 2 heterocycles. The summed E-state index contributed by atoms with van der Waals surface area (Å²) in [6, 6.07) is 14.6. The summed E-state index contributed by atoms with van der Waals surface area (Å²) in [5.74, 6) is 7.70. The molecule has 7 rings (SSSR count). The standard InChI is InChI=1S/C49H58N4O6S2/c1-52-19-4-2-3-17-49-18-14-36(54)11-8-31-10-13-44(56)47(23-31)59-21-16-32-9-12-43(55)41(22-32)40-26-45(57)37-15-20-53-42(37)7-5-6-33-24-39(48(50)51)34(25-38(33)40)29-60-61-30-35(27-49)46(58)28-49/h9-10,12-15,18,20,22-25,35,40,46,48,52,55-58H,2-4,7-8,11,16-17,19,21,26-30,50-51H2,1H3/p-1/b18-14+,45-37?/t35-,40+,46-,49+/m0/s1. The van der Waals surface area contributed by atoms with E-state index in [-0.39, 0.29) is 47.4 Å². The second-order valence-corrected chi connectivity index (χ2v) is 19.3. The first kappa shape index (κ1) is 44.6. The van der Waals surface area contributed by atoms with Crippen molar-refractivity contribution < 1.29 is 30.0 Å². The van der Waals surface area contributed by atoms with E-state index in [1.807, 2.05) is 31.3 Å². The van der Waals surface area contributed by atoms with Crippen LogP contribution >= 0.6 is 21.6 Å². The molecule has 4 atom stereocenters. The number of phenolic OH excluding ortho intramolecular Hbond substituents is 2. The third-order valence-electron chi connectivity index (χ3n) is 12.4. The molecule has 8 bridgehead atoms. The Morgan fingerprint density at radius 1 is 0.984 bits per heavy atom. The number of nitrogens with zero attached hydrogens (tertiary/aromatic N) is 1. The first-order chi connectivity index (χ1) is 29.5. The summed E-state index contributed by atoms with van der Waals surface area (Å²) in [5, 5.41) is 51.1. The highest BCUT2D eigenvalue weighted by molar-refractivity contribution is 8.76. The van der Waals surface area contributed by atoms with Crippen molar-refractivity contribution in [2.45, 2.75) is 94.6 Å². The van der Waals surface area contributed by atoms with E-state index in [1.54, 1.807) is 58.1 Å². The monoisotopic (exact) mass is 861 g/mol. The summed E-state index contributed by atoms with van der Waals surface area (Å²) in [5.41, 5.74) is 19.2. The minimum Gasteiger partial charge on any atom is -0.875 e. The van der Waals surface area contributed by atoms with Crippen molar-refractivity contribution in [3.05, 3.63) is 123 Å². The fourth-order valence-corrected chi connectivity index (χ4v) is 11.6. The minimum atomic E-state index is -0.778. The molecule has 0 saturated heterocycles. The van der Waals surface area contributed by atoms with Gasteiger partial charge in [-0.2, -0.15) is 0 Å². The van der Waals surface area contributed by atoms with E-state index in [4.69, 9.17) is 16.2 Å². The van der Waals surface area contributed by atoms with Crippen LogP contribution in [-0.4, -0.2) is 58.9 Å². The van der Waals surface area contributed by atoms with E-state index in [0.717, 1.165) is 72.2 Å². The van der Waals surface area contributed by atoms with E-state index in [9.17, 15) is 25.2 Å². The number of unbranched alkanes of at least 4 members (excludes halogenated alkanes) is 2. The zero-order valence-electron chi connectivity index (χ0n) is 34.8. The van der Waals surface area contributed by atoms with Crippen molar-refractivity contribution in [1.82, 2.24) is 5.32 Å². The summed E-state index contributed by atoms with van der Waals surface area (Å²) >= 11 is 0. The molecule has 3 aromatic rings. The van der Waals surface area contributed by atoms with Gasteiger partial charge in [0.1, 0.15) is 5.75 Å². The number of nitrogens with one attached hydrogen (secondary N) is 1. The number of aromatic hydroxyl groups is 2. The maximum atomic E-state index is 14.1. The Labute approximate surface area is 367 Å². The van der Waals surface area contributed by atoms with Crippen LogP contribution in [0.1, 0.15) is 109 Å². The van der Waals surface area contributed by atoms with E-state index in [2.05, 4.69) is 34.3 Å². The molecule has 0 amide bonds. The van der Waals surface area contributed by atoms with Gasteiger partial charge in [-0.25, -0.2) is 0 Å². The normalized spacial score (nSPS) is 23.9. The lowest BCUT2D eigenvalue weighted by atomic mass is 9.79. The summed E-state index contributed by atoms with van der Waals surface area (Å²) in [4.78, 5) is 17.8. The van der Waals surface area contributed by atoms with Crippen LogP contribution in [0.4, 0.5) is 0 Å². The maximum Gasteiger partial charge on any atom is 0.161 e.